The van der Waals surface area contributed by atoms with Crippen LogP contribution in [0.25, 0.3) is 22.0 Å². The van der Waals surface area contributed by atoms with Crippen molar-refractivity contribution in [3.05, 3.63) is 84.6 Å². The Labute approximate surface area is 194 Å². The van der Waals surface area contributed by atoms with Gasteiger partial charge in [0.25, 0.3) is 0 Å². The van der Waals surface area contributed by atoms with Gasteiger partial charge in [-0.15, -0.1) is 0 Å². The second kappa shape index (κ2) is 10.1. The zero-order valence-corrected chi connectivity index (χ0v) is 19.0. The number of nitrogens with zero attached hydrogens (tertiary/aromatic N) is 5. The Morgan fingerprint density at radius 3 is 2.48 bits per heavy atom. The summed E-state index contributed by atoms with van der Waals surface area (Å²) in [7, 11) is 0. The molecule has 1 aliphatic heterocycles. The molecule has 1 fully saturated rings. The number of pyridine rings is 1. The van der Waals surface area contributed by atoms with Gasteiger partial charge >= 0.3 is 0 Å². The second-order valence-corrected chi connectivity index (χ2v) is 8.57. The van der Waals surface area contributed by atoms with Gasteiger partial charge in [-0.2, -0.15) is 0 Å². The number of hydrogen-bond donors (Lipinski definition) is 0. The lowest BCUT2D eigenvalue weighted by Crippen LogP contribution is -2.47. The molecule has 0 saturated carbocycles. The molecule has 1 saturated heterocycles. The number of aryl methyl sites for hydroxylation is 1. The first-order valence-corrected chi connectivity index (χ1v) is 11.5. The van der Waals surface area contributed by atoms with Gasteiger partial charge < -0.3 is 4.74 Å². The lowest BCUT2D eigenvalue weighted by atomic mass is 10.1. The minimum atomic E-state index is 0.689. The summed E-state index contributed by atoms with van der Waals surface area (Å²) in [6.07, 6.45) is 5.30. The van der Waals surface area contributed by atoms with Crippen LogP contribution in [0.4, 0.5) is 0 Å². The van der Waals surface area contributed by atoms with Crippen molar-refractivity contribution in [2.45, 2.75) is 13.5 Å². The highest BCUT2D eigenvalue weighted by Crippen LogP contribution is 2.24. The van der Waals surface area contributed by atoms with Crippen molar-refractivity contribution in [3.8, 4) is 16.9 Å². The third-order valence-electron chi connectivity index (χ3n) is 6.19. The third kappa shape index (κ3) is 5.35. The van der Waals surface area contributed by atoms with Gasteiger partial charge in [-0.1, -0.05) is 24.3 Å². The summed E-state index contributed by atoms with van der Waals surface area (Å²) in [5.74, 6) is 0.919. The molecule has 0 unspecified atom stereocenters. The Hall–Kier alpha value is -3.35. The molecule has 0 N–H and O–H groups in total. The number of hydrogen-bond acceptors (Lipinski definition) is 6. The normalized spacial score (nSPS) is 15.1. The van der Waals surface area contributed by atoms with Crippen molar-refractivity contribution in [2.24, 2.45) is 0 Å². The van der Waals surface area contributed by atoms with Crippen molar-refractivity contribution in [3.63, 3.8) is 0 Å². The number of piperazine rings is 1. The average molecular weight is 440 g/mol. The van der Waals surface area contributed by atoms with E-state index in [-0.39, 0.29) is 0 Å². The fourth-order valence-corrected chi connectivity index (χ4v) is 4.37. The third-order valence-corrected chi connectivity index (χ3v) is 6.19. The summed E-state index contributed by atoms with van der Waals surface area (Å²) in [6.45, 7) is 8.86. The van der Waals surface area contributed by atoms with Gasteiger partial charge in [-0.05, 0) is 48.4 Å². The van der Waals surface area contributed by atoms with E-state index in [0.29, 0.717) is 6.61 Å². The Bertz CT molecular complexity index is 1210. The van der Waals surface area contributed by atoms with Gasteiger partial charge in [-0.3, -0.25) is 14.8 Å². The van der Waals surface area contributed by atoms with E-state index in [4.69, 9.17) is 4.74 Å². The van der Waals surface area contributed by atoms with Crippen molar-refractivity contribution >= 4 is 10.9 Å². The van der Waals surface area contributed by atoms with E-state index in [1.165, 1.54) is 11.1 Å². The smallest absolute Gasteiger partial charge is 0.128 e. The largest absolute Gasteiger partial charge is 0.492 e. The van der Waals surface area contributed by atoms with Gasteiger partial charge in [0.2, 0.25) is 0 Å². The minimum absolute atomic E-state index is 0.689. The van der Waals surface area contributed by atoms with Gasteiger partial charge in [0.15, 0.2) is 0 Å². The van der Waals surface area contributed by atoms with Crippen LogP contribution in [-0.2, 0) is 6.54 Å². The average Bonchev–Trinajstić information content (AvgIpc) is 2.86. The molecule has 6 heteroatoms. The second-order valence-electron chi connectivity index (χ2n) is 8.57. The van der Waals surface area contributed by atoms with E-state index >= 15 is 0 Å². The lowest BCUT2D eigenvalue weighted by molar-refractivity contribution is 0.113. The molecule has 6 nitrogen and oxygen atoms in total. The van der Waals surface area contributed by atoms with Crippen LogP contribution in [0.5, 0.6) is 5.75 Å². The molecule has 0 bridgehead atoms. The number of rotatable bonds is 7. The Kier molecular flexibility index (Phi) is 6.56. The summed E-state index contributed by atoms with van der Waals surface area (Å²) in [5.41, 5.74) is 5.57. The highest BCUT2D eigenvalue weighted by atomic mass is 16.5. The van der Waals surface area contributed by atoms with Gasteiger partial charge in [0.05, 0.1) is 5.52 Å². The van der Waals surface area contributed by atoms with Gasteiger partial charge in [-0.25, -0.2) is 9.97 Å². The van der Waals surface area contributed by atoms with Gasteiger partial charge in [0.1, 0.15) is 18.7 Å². The molecule has 0 amide bonds. The van der Waals surface area contributed by atoms with Crippen molar-refractivity contribution in [1.82, 2.24) is 24.8 Å². The summed E-state index contributed by atoms with van der Waals surface area (Å²) in [4.78, 5) is 17.9. The van der Waals surface area contributed by atoms with E-state index in [1.807, 2.05) is 43.6 Å². The van der Waals surface area contributed by atoms with E-state index in [2.05, 4.69) is 55.1 Å². The molecule has 3 heterocycles. The maximum absolute atomic E-state index is 6.13. The standard InChI is InChI=1S/C27H29N5O/c1-21-8-9-25-26(30-21)6-3-7-27(25)33-15-14-31-10-12-32(13-11-31)19-22-4-2-5-23(16-22)24-17-28-20-29-18-24/h2-9,16-18,20H,10-15,19H2,1H3. The molecule has 2 aromatic carbocycles. The highest BCUT2D eigenvalue weighted by molar-refractivity contribution is 5.85. The molecule has 1 aliphatic rings. The maximum Gasteiger partial charge on any atom is 0.128 e. The Balaban J connectivity index is 1.10. The molecule has 0 radical (unpaired) electrons. The molecule has 2 aromatic heterocycles. The first-order chi connectivity index (χ1) is 16.2. The summed E-state index contributed by atoms with van der Waals surface area (Å²) in [6, 6.07) is 18.9. The molecule has 0 atom stereocenters. The summed E-state index contributed by atoms with van der Waals surface area (Å²) < 4.78 is 6.13. The molecule has 168 valence electrons. The predicted molar refractivity (Wildman–Crippen MR) is 131 cm³/mol. The van der Waals surface area contributed by atoms with Crippen LogP contribution in [0.15, 0.2) is 73.3 Å². The van der Waals surface area contributed by atoms with E-state index < -0.39 is 0 Å². The van der Waals surface area contributed by atoms with Crippen LogP contribution >= 0.6 is 0 Å². The first-order valence-electron chi connectivity index (χ1n) is 11.5. The van der Waals surface area contributed by atoms with Crippen LogP contribution in [0.3, 0.4) is 0 Å². The van der Waals surface area contributed by atoms with E-state index in [9.17, 15) is 0 Å². The molecule has 0 aliphatic carbocycles. The Morgan fingerprint density at radius 2 is 1.64 bits per heavy atom. The SMILES string of the molecule is Cc1ccc2c(OCCN3CCN(Cc4cccc(-c5cncnc5)c4)CC3)cccc2n1. The molecule has 33 heavy (non-hydrogen) atoms. The van der Waals surface area contributed by atoms with Crippen LogP contribution in [-0.4, -0.2) is 64.1 Å². The zero-order valence-electron chi connectivity index (χ0n) is 19.0. The maximum atomic E-state index is 6.13. The van der Waals surface area contributed by atoms with Crippen molar-refractivity contribution in [2.75, 3.05) is 39.3 Å². The topological polar surface area (TPSA) is 54.4 Å². The number of ether oxygens (including phenoxy) is 1. The number of aromatic nitrogens is 3. The van der Waals surface area contributed by atoms with Crippen LogP contribution in [0.2, 0.25) is 0 Å². The van der Waals surface area contributed by atoms with Crippen molar-refractivity contribution < 1.29 is 4.74 Å². The first kappa shape index (κ1) is 21.5. The lowest BCUT2D eigenvalue weighted by Gasteiger charge is -2.34. The summed E-state index contributed by atoms with van der Waals surface area (Å²) in [5, 5.41) is 1.08. The number of benzene rings is 2. The van der Waals surface area contributed by atoms with Crippen LogP contribution < -0.4 is 4.74 Å². The fraction of sp³-hybridized carbons (Fsp3) is 0.296. The molecule has 4 aromatic rings. The van der Waals surface area contributed by atoms with Gasteiger partial charge in [0, 0.05) is 68.3 Å². The molecular formula is C27H29N5O. The number of fused-ring (bicyclic) bond motifs is 1. The van der Waals surface area contributed by atoms with Crippen LogP contribution in [0, 0.1) is 6.92 Å². The van der Waals surface area contributed by atoms with Crippen LogP contribution in [0.1, 0.15) is 11.3 Å². The monoisotopic (exact) mass is 439 g/mol. The molecular weight excluding hydrogens is 410 g/mol. The quantitative estimate of drug-likeness (QED) is 0.430. The fourth-order valence-electron chi connectivity index (χ4n) is 4.37. The minimum Gasteiger partial charge on any atom is -0.492 e. The van der Waals surface area contributed by atoms with Crippen molar-refractivity contribution in [1.29, 1.82) is 0 Å². The molecule has 5 rings (SSSR count). The Morgan fingerprint density at radius 1 is 0.848 bits per heavy atom. The molecule has 0 spiro atoms. The van der Waals surface area contributed by atoms with E-state index in [0.717, 1.165) is 67.2 Å². The highest BCUT2D eigenvalue weighted by Gasteiger charge is 2.17. The predicted octanol–water partition coefficient (Wildman–Crippen LogP) is 4.20. The van der Waals surface area contributed by atoms with E-state index in [1.54, 1.807) is 6.33 Å². The zero-order chi connectivity index (χ0) is 22.5. The summed E-state index contributed by atoms with van der Waals surface area (Å²) >= 11 is 0.